The maximum atomic E-state index is 13.3. The standard InChI is InChI=1S/C15H17F7N2.ClH/c16-4-3-13(24-7-5-23-6-8-24)11-2-1-10(14(17,18)19)9-12(11)15(20,21)22;/h1-2,9,13,23H,3-8H2;1H/t13-;/m0./s1. The van der Waals surface area contributed by atoms with Crippen molar-refractivity contribution in [3.63, 3.8) is 0 Å². The van der Waals surface area contributed by atoms with E-state index in [1.54, 1.807) is 4.90 Å². The van der Waals surface area contributed by atoms with Crippen LogP contribution < -0.4 is 5.32 Å². The fraction of sp³-hybridized carbons (Fsp3) is 0.600. The van der Waals surface area contributed by atoms with E-state index < -0.39 is 36.2 Å². The third-order valence-corrected chi connectivity index (χ3v) is 4.02. The molecule has 0 aliphatic carbocycles. The lowest BCUT2D eigenvalue weighted by Crippen LogP contribution is -2.45. The van der Waals surface area contributed by atoms with Crippen molar-refractivity contribution in [2.24, 2.45) is 0 Å². The smallest absolute Gasteiger partial charge is 0.314 e. The van der Waals surface area contributed by atoms with Crippen LogP contribution in [0, 0.1) is 0 Å². The molecular formula is C15H18ClF7N2. The van der Waals surface area contributed by atoms with E-state index in [2.05, 4.69) is 5.32 Å². The zero-order chi connectivity index (χ0) is 18.0. The van der Waals surface area contributed by atoms with Crippen LogP contribution >= 0.6 is 12.4 Å². The van der Waals surface area contributed by atoms with Crippen molar-refractivity contribution in [2.75, 3.05) is 32.9 Å². The van der Waals surface area contributed by atoms with Crippen molar-refractivity contribution in [3.05, 3.63) is 34.9 Å². The molecule has 1 fully saturated rings. The summed E-state index contributed by atoms with van der Waals surface area (Å²) in [4.78, 5) is 1.67. The predicted molar refractivity (Wildman–Crippen MR) is 81.5 cm³/mol. The number of nitrogens with zero attached hydrogens (tertiary/aromatic N) is 1. The topological polar surface area (TPSA) is 15.3 Å². The number of hydrogen-bond acceptors (Lipinski definition) is 2. The molecule has 2 rings (SSSR count). The summed E-state index contributed by atoms with van der Waals surface area (Å²) in [6, 6.07) is 0.658. The van der Waals surface area contributed by atoms with Gasteiger partial charge >= 0.3 is 12.4 Å². The van der Waals surface area contributed by atoms with Crippen molar-refractivity contribution in [2.45, 2.75) is 24.8 Å². The molecule has 1 aliphatic heterocycles. The van der Waals surface area contributed by atoms with Gasteiger partial charge in [0, 0.05) is 32.2 Å². The van der Waals surface area contributed by atoms with E-state index in [1.165, 1.54) is 0 Å². The highest BCUT2D eigenvalue weighted by atomic mass is 35.5. The summed E-state index contributed by atoms with van der Waals surface area (Å²) in [6.45, 7) is 1.02. The second-order valence-corrected chi connectivity index (χ2v) is 5.58. The van der Waals surface area contributed by atoms with Gasteiger partial charge in [0.25, 0.3) is 0 Å². The van der Waals surface area contributed by atoms with E-state index in [0.29, 0.717) is 32.2 Å². The quantitative estimate of drug-likeness (QED) is 0.759. The Morgan fingerprint density at radius 2 is 1.60 bits per heavy atom. The van der Waals surface area contributed by atoms with Crippen LogP contribution in [-0.4, -0.2) is 37.8 Å². The van der Waals surface area contributed by atoms with E-state index in [9.17, 15) is 30.7 Å². The highest BCUT2D eigenvalue weighted by Gasteiger charge is 2.40. The number of nitrogens with one attached hydrogen (secondary N) is 1. The van der Waals surface area contributed by atoms with Crippen LogP contribution in [-0.2, 0) is 12.4 Å². The summed E-state index contributed by atoms with van der Waals surface area (Å²) in [5.41, 5.74) is -3.03. The van der Waals surface area contributed by atoms with Crippen LogP contribution in [0.25, 0.3) is 0 Å². The molecule has 1 N–H and O–H groups in total. The largest absolute Gasteiger partial charge is 0.416 e. The summed E-state index contributed by atoms with van der Waals surface area (Å²) in [7, 11) is 0. The third kappa shape index (κ3) is 5.46. The van der Waals surface area contributed by atoms with E-state index in [-0.39, 0.29) is 30.5 Å². The van der Waals surface area contributed by atoms with E-state index >= 15 is 0 Å². The molecule has 1 aromatic rings. The van der Waals surface area contributed by atoms with Gasteiger partial charge in [0.1, 0.15) is 0 Å². The lowest BCUT2D eigenvalue weighted by Gasteiger charge is -2.36. The van der Waals surface area contributed by atoms with E-state index in [1.807, 2.05) is 0 Å². The summed E-state index contributed by atoms with van der Waals surface area (Å²) in [6.07, 6.45) is -10.0. The Kier molecular flexibility index (Phi) is 7.52. The van der Waals surface area contributed by atoms with Gasteiger partial charge in [0.2, 0.25) is 0 Å². The molecule has 10 heteroatoms. The summed E-state index contributed by atoms with van der Waals surface area (Å²) in [5.74, 6) is 0. The van der Waals surface area contributed by atoms with Crippen molar-refractivity contribution < 1.29 is 30.7 Å². The lowest BCUT2D eigenvalue weighted by molar-refractivity contribution is -0.143. The van der Waals surface area contributed by atoms with Gasteiger partial charge in [-0.1, -0.05) is 6.07 Å². The SMILES string of the molecule is Cl.FCC[C@@H](c1ccc(C(F)(F)F)cc1C(F)(F)F)N1CCNCC1. The first-order chi connectivity index (χ1) is 11.1. The Labute approximate surface area is 146 Å². The van der Waals surface area contributed by atoms with Crippen molar-refractivity contribution in [3.8, 4) is 0 Å². The minimum absolute atomic E-state index is 0. The number of alkyl halides is 7. The van der Waals surface area contributed by atoms with Gasteiger partial charge in [-0.15, -0.1) is 12.4 Å². The summed E-state index contributed by atoms with van der Waals surface area (Å²) >= 11 is 0. The molecule has 2 nitrogen and oxygen atoms in total. The fourth-order valence-corrected chi connectivity index (χ4v) is 2.90. The Morgan fingerprint density at radius 1 is 1.00 bits per heavy atom. The summed E-state index contributed by atoms with van der Waals surface area (Å²) in [5, 5.41) is 3.03. The van der Waals surface area contributed by atoms with Gasteiger partial charge in [-0.05, 0) is 24.1 Å². The first-order valence-corrected chi connectivity index (χ1v) is 7.43. The maximum absolute atomic E-state index is 13.3. The maximum Gasteiger partial charge on any atom is 0.416 e. The average Bonchev–Trinajstić information content (AvgIpc) is 2.51. The Bertz CT molecular complexity index is 554. The van der Waals surface area contributed by atoms with Crippen molar-refractivity contribution >= 4 is 12.4 Å². The van der Waals surface area contributed by atoms with Crippen molar-refractivity contribution in [1.29, 1.82) is 0 Å². The molecule has 1 heterocycles. The second-order valence-electron chi connectivity index (χ2n) is 5.58. The van der Waals surface area contributed by atoms with Crippen LogP contribution in [0.1, 0.15) is 29.2 Å². The first kappa shape index (κ1) is 22.0. The molecule has 1 atom stereocenters. The van der Waals surface area contributed by atoms with E-state index in [4.69, 9.17) is 0 Å². The van der Waals surface area contributed by atoms with Crippen LogP contribution in [0.4, 0.5) is 30.7 Å². The Morgan fingerprint density at radius 3 is 2.08 bits per heavy atom. The monoisotopic (exact) mass is 394 g/mol. The Balaban J connectivity index is 0.00000312. The number of hydrogen-bond donors (Lipinski definition) is 1. The first-order valence-electron chi connectivity index (χ1n) is 7.43. The van der Waals surface area contributed by atoms with Gasteiger partial charge in [-0.2, -0.15) is 26.3 Å². The normalized spacial score (nSPS) is 17.9. The van der Waals surface area contributed by atoms with Gasteiger partial charge in [-0.25, -0.2) is 0 Å². The molecule has 0 amide bonds. The number of piperazine rings is 1. The van der Waals surface area contributed by atoms with Crippen LogP contribution in [0.3, 0.4) is 0 Å². The fourth-order valence-electron chi connectivity index (χ4n) is 2.90. The second kappa shape index (κ2) is 8.55. The zero-order valence-corrected chi connectivity index (χ0v) is 13.9. The molecule has 0 unspecified atom stereocenters. The minimum Gasteiger partial charge on any atom is -0.314 e. The molecular weight excluding hydrogens is 377 g/mol. The molecule has 0 radical (unpaired) electrons. The lowest BCUT2D eigenvalue weighted by atomic mass is 9.94. The minimum atomic E-state index is -4.95. The van der Waals surface area contributed by atoms with Crippen LogP contribution in [0.2, 0.25) is 0 Å². The van der Waals surface area contributed by atoms with Crippen molar-refractivity contribution in [1.82, 2.24) is 10.2 Å². The van der Waals surface area contributed by atoms with Crippen LogP contribution in [0.15, 0.2) is 18.2 Å². The number of halogens is 8. The van der Waals surface area contributed by atoms with Gasteiger partial charge in [-0.3, -0.25) is 9.29 Å². The van der Waals surface area contributed by atoms with E-state index in [0.717, 1.165) is 6.07 Å². The van der Waals surface area contributed by atoms with Gasteiger partial charge < -0.3 is 5.32 Å². The molecule has 144 valence electrons. The molecule has 0 spiro atoms. The molecule has 1 aromatic carbocycles. The molecule has 0 bridgehead atoms. The summed E-state index contributed by atoms with van der Waals surface area (Å²) < 4.78 is 91.0. The molecule has 0 saturated carbocycles. The molecule has 0 aromatic heterocycles. The zero-order valence-electron chi connectivity index (χ0n) is 13.1. The Hall–Kier alpha value is -1.06. The third-order valence-electron chi connectivity index (χ3n) is 4.02. The highest BCUT2D eigenvalue weighted by molar-refractivity contribution is 5.85. The van der Waals surface area contributed by atoms with Gasteiger partial charge in [0.05, 0.1) is 17.8 Å². The number of rotatable bonds is 4. The highest BCUT2D eigenvalue weighted by Crippen LogP contribution is 2.41. The number of benzene rings is 1. The molecule has 1 aliphatic rings. The molecule has 1 saturated heterocycles. The van der Waals surface area contributed by atoms with Gasteiger partial charge in [0.15, 0.2) is 0 Å². The average molecular weight is 395 g/mol. The predicted octanol–water partition coefficient (Wildman–Crippen LogP) is 4.45. The van der Waals surface area contributed by atoms with Crippen LogP contribution in [0.5, 0.6) is 0 Å². The molecule has 25 heavy (non-hydrogen) atoms.